The summed E-state index contributed by atoms with van der Waals surface area (Å²) in [6.07, 6.45) is 0. The summed E-state index contributed by atoms with van der Waals surface area (Å²) in [5, 5.41) is 11.0. The van der Waals surface area contributed by atoms with E-state index >= 15 is 0 Å². The van der Waals surface area contributed by atoms with Gasteiger partial charge in [-0.3, -0.25) is 0 Å². The number of hydrogen-bond donors (Lipinski definition) is 1. The van der Waals surface area contributed by atoms with Crippen molar-refractivity contribution < 1.29 is 9.26 Å². The van der Waals surface area contributed by atoms with Crippen molar-refractivity contribution in [2.75, 3.05) is 20.3 Å². The lowest BCUT2D eigenvalue weighted by atomic mass is 10.3. The Balaban J connectivity index is 1.88. The Hall–Kier alpha value is -1.24. The number of aromatic nitrogens is 2. The molecule has 0 fully saturated rings. The molecule has 1 N–H and O–H groups in total. The molecule has 16 heavy (non-hydrogen) atoms. The average molecular weight is 239 g/mol. The maximum Gasteiger partial charge on any atom is 0.240 e. The van der Waals surface area contributed by atoms with Gasteiger partial charge in [0, 0.05) is 24.6 Å². The molecule has 0 unspecified atom stereocenters. The van der Waals surface area contributed by atoms with Gasteiger partial charge in [-0.1, -0.05) is 5.16 Å². The van der Waals surface area contributed by atoms with Crippen LogP contribution in [0.25, 0.3) is 11.4 Å². The van der Waals surface area contributed by atoms with Crippen LogP contribution in [0.2, 0.25) is 0 Å². The molecule has 0 saturated heterocycles. The number of nitrogens with zero attached hydrogens (tertiary/aromatic N) is 2. The molecule has 2 aromatic rings. The Morgan fingerprint density at radius 3 is 3.25 bits per heavy atom. The fourth-order valence-electron chi connectivity index (χ4n) is 1.21. The summed E-state index contributed by atoms with van der Waals surface area (Å²) in [7, 11) is 1.67. The van der Waals surface area contributed by atoms with Gasteiger partial charge in [-0.2, -0.15) is 16.3 Å². The fourth-order valence-corrected chi connectivity index (χ4v) is 1.84. The van der Waals surface area contributed by atoms with Gasteiger partial charge in [0.05, 0.1) is 13.2 Å². The fraction of sp³-hybridized carbons (Fsp3) is 0.400. The van der Waals surface area contributed by atoms with Crippen LogP contribution in [0.1, 0.15) is 5.89 Å². The Morgan fingerprint density at radius 2 is 2.50 bits per heavy atom. The molecule has 0 spiro atoms. The monoisotopic (exact) mass is 239 g/mol. The quantitative estimate of drug-likeness (QED) is 0.775. The van der Waals surface area contributed by atoms with E-state index in [0.717, 1.165) is 12.1 Å². The molecular weight excluding hydrogens is 226 g/mol. The first-order chi connectivity index (χ1) is 7.90. The van der Waals surface area contributed by atoms with Gasteiger partial charge >= 0.3 is 0 Å². The van der Waals surface area contributed by atoms with Crippen molar-refractivity contribution in [2.24, 2.45) is 0 Å². The number of rotatable bonds is 6. The largest absolute Gasteiger partial charge is 0.383 e. The molecule has 86 valence electrons. The molecule has 0 aliphatic rings. The summed E-state index contributed by atoms with van der Waals surface area (Å²) < 4.78 is 10.0. The Kier molecular flexibility index (Phi) is 4.03. The highest BCUT2D eigenvalue weighted by atomic mass is 32.1. The first-order valence-electron chi connectivity index (χ1n) is 4.95. The van der Waals surface area contributed by atoms with E-state index in [2.05, 4.69) is 15.5 Å². The van der Waals surface area contributed by atoms with Crippen molar-refractivity contribution in [1.82, 2.24) is 15.5 Å². The lowest BCUT2D eigenvalue weighted by Crippen LogP contribution is -2.18. The van der Waals surface area contributed by atoms with Gasteiger partial charge in [0.15, 0.2) is 0 Å². The summed E-state index contributed by atoms with van der Waals surface area (Å²) in [5.74, 6) is 1.24. The second-order valence-electron chi connectivity index (χ2n) is 3.19. The van der Waals surface area contributed by atoms with Crippen molar-refractivity contribution in [3.8, 4) is 11.4 Å². The molecule has 0 aliphatic heterocycles. The zero-order valence-corrected chi connectivity index (χ0v) is 9.79. The highest BCUT2D eigenvalue weighted by Gasteiger charge is 2.07. The zero-order valence-electron chi connectivity index (χ0n) is 8.97. The maximum atomic E-state index is 5.11. The molecule has 0 radical (unpaired) electrons. The van der Waals surface area contributed by atoms with E-state index < -0.39 is 0 Å². The predicted molar refractivity (Wildman–Crippen MR) is 61.2 cm³/mol. The third-order valence-electron chi connectivity index (χ3n) is 2.01. The molecule has 6 heteroatoms. The van der Waals surface area contributed by atoms with E-state index in [1.807, 2.05) is 16.8 Å². The molecule has 2 aromatic heterocycles. The molecule has 0 aliphatic carbocycles. The SMILES string of the molecule is COCCNCc1nc(-c2ccsc2)no1. The lowest BCUT2D eigenvalue weighted by Gasteiger charge is -1.98. The van der Waals surface area contributed by atoms with Crippen LogP contribution in [0.4, 0.5) is 0 Å². The minimum atomic E-state index is 0.570. The van der Waals surface area contributed by atoms with E-state index in [9.17, 15) is 0 Å². The minimum Gasteiger partial charge on any atom is -0.383 e. The van der Waals surface area contributed by atoms with Crippen LogP contribution in [0.5, 0.6) is 0 Å². The van der Waals surface area contributed by atoms with Crippen molar-refractivity contribution in [3.63, 3.8) is 0 Å². The van der Waals surface area contributed by atoms with Gasteiger partial charge in [0.2, 0.25) is 11.7 Å². The highest BCUT2D eigenvalue weighted by Crippen LogP contribution is 2.18. The number of nitrogens with one attached hydrogen (secondary N) is 1. The van der Waals surface area contributed by atoms with Crippen molar-refractivity contribution >= 4 is 11.3 Å². The van der Waals surface area contributed by atoms with Crippen LogP contribution in [-0.4, -0.2) is 30.4 Å². The normalized spacial score (nSPS) is 10.8. The number of ether oxygens (including phenoxy) is 1. The minimum absolute atomic E-state index is 0.570. The Labute approximate surface area is 97.4 Å². The van der Waals surface area contributed by atoms with E-state index in [-0.39, 0.29) is 0 Å². The molecule has 0 bridgehead atoms. The standard InChI is InChI=1S/C10H13N3O2S/c1-14-4-3-11-6-9-12-10(13-15-9)8-2-5-16-7-8/h2,5,7,11H,3-4,6H2,1H3. The van der Waals surface area contributed by atoms with Gasteiger partial charge in [-0.05, 0) is 11.4 Å². The van der Waals surface area contributed by atoms with Gasteiger partial charge in [-0.25, -0.2) is 0 Å². The summed E-state index contributed by atoms with van der Waals surface area (Å²) >= 11 is 1.61. The van der Waals surface area contributed by atoms with Crippen LogP contribution < -0.4 is 5.32 Å². The van der Waals surface area contributed by atoms with E-state index in [1.165, 1.54) is 0 Å². The average Bonchev–Trinajstić information content (AvgIpc) is 2.94. The zero-order chi connectivity index (χ0) is 11.2. The van der Waals surface area contributed by atoms with Gasteiger partial charge in [-0.15, -0.1) is 0 Å². The van der Waals surface area contributed by atoms with Crippen LogP contribution >= 0.6 is 11.3 Å². The summed E-state index contributed by atoms with van der Waals surface area (Å²) in [6.45, 7) is 2.01. The molecule has 5 nitrogen and oxygen atoms in total. The second-order valence-corrected chi connectivity index (χ2v) is 3.97. The van der Waals surface area contributed by atoms with Crippen molar-refractivity contribution in [1.29, 1.82) is 0 Å². The first-order valence-corrected chi connectivity index (χ1v) is 5.89. The first kappa shape index (κ1) is 11.3. The Bertz CT molecular complexity index is 413. The number of methoxy groups -OCH3 is 1. The molecular formula is C10H13N3O2S. The van der Waals surface area contributed by atoms with Crippen LogP contribution in [0.15, 0.2) is 21.3 Å². The third kappa shape index (κ3) is 2.88. The molecule has 0 saturated carbocycles. The number of thiophene rings is 1. The summed E-state index contributed by atoms with van der Waals surface area (Å²) in [4.78, 5) is 4.28. The lowest BCUT2D eigenvalue weighted by molar-refractivity contribution is 0.197. The molecule has 0 amide bonds. The maximum absolute atomic E-state index is 5.11. The van der Waals surface area contributed by atoms with Crippen molar-refractivity contribution in [2.45, 2.75) is 6.54 Å². The summed E-state index contributed by atoms with van der Waals surface area (Å²) in [5.41, 5.74) is 0.997. The van der Waals surface area contributed by atoms with E-state index in [1.54, 1.807) is 18.4 Å². The van der Waals surface area contributed by atoms with E-state index in [0.29, 0.717) is 24.9 Å². The molecule has 2 heterocycles. The Morgan fingerprint density at radius 1 is 1.56 bits per heavy atom. The highest BCUT2D eigenvalue weighted by molar-refractivity contribution is 7.08. The summed E-state index contributed by atoms with van der Waals surface area (Å²) in [6, 6.07) is 1.97. The molecule has 2 rings (SSSR count). The van der Waals surface area contributed by atoms with E-state index in [4.69, 9.17) is 9.26 Å². The second kappa shape index (κ2) is 5.74. The van der Waals surface area contributed by atoms with Gasteiger partial charge < -0.3 is 14.6 Å². The van der Waals surface area contributed by atoms with Gasteiger partial charge in [0.25, 0.3) is 0 Å². The molecule has 0 aromatic carbocycles. The van der Waals surface area contributed by atoms with Crippen LogP contribution in [-0.2, 0) is 11.3 Å². The van der Waals surface area contributed by atoms with Crippen LogP contribution in [0.3, 0.4) is 0 Å². The number of hydrogen-bond acceptors (Lipinski definition) is 6. The topological polar surface area (TPSA) is 60.2 Å². The predicted octanol–water partition coefficient (Wildman–Crippen LogP) is 1.53. The molecule has 0 atom stereocenters. The van der Waals surface area contributed by atoms with Crippen LogP contribution in [0, 0.1) is 0 Å². The third-order valence-corrected chi connectivity index (χ3v) is 2.69. The van der Waals surface area contributed by atoms with Gasteiger partial charge in [0.1, 0.15) is 0 Å². The smallest absolute Gasteiger partial charge is 0.240 e. The van der Waals surface area contributed by atoms with Crippen molar-refractivity contribution in [3.05, 3.63) is 22.7 Å².